The van der Waals surface area contributed by atoms with Crippen LogP contribution in [0.2, 0.25) is 10.0 Å². The normalized spacial score (nSPS) is 10.5. The van der Waals surface area contributed by atoms with E-state index in [0.717, 1.165) is 11.1 Å². The molecule has 0 aliphatic rings. The van der Waals surface area contributed by atoms with Gasteiger partial charge < -0.3 is 19.9 Å². The van der Waals surface area contributed by atoms with Crippen LogP contribution in [0, 0.1) is 6.92 Å². The van der Waals surface area contributed by atoms with E-state index in [-0.39, 0.29) is 5.56 Å². The third-order valence-electron chi connectivity index (χ3n) is 4.49. The van der Waals surface area contributed by atoms with Crippen molar-refractivity contribution < 1.29 is 19.4 Å². The number of carboxylic acid groups (broad SMARTS) is 1. The second-order valence-corrected chi connectivity index (χ2v) is 7.55. The molecule has 0 fully saturated rings. The van der Waals surface area contributed by atoms with E-state index in [0.29, 0.717) is 40.4 Å². The second kappa shape index (κ2) is 9.74. The van der Waals surface area contributed by atoms with Crippen LogP contribution in [0.1, 0.15) is 27.0 Å². The average Bonchev–Trinajstić information content (AvgIpc) is 2.73. The van der Waals surface area contributed by atoms with Crippen LogP contribution in [-0.2, 0) is 13.2 Å². The molecule has 0 aliphatic carbocycles. The predicted octanol–water partition coefficient (Wildman–Crippen LogP) is 6.20. The number of hydrogen-bond acceptors (Lipinski definition) is 4. The molecule has 0 heterocycles. The molecule has 30 heavy (non-hydrogen) atoms. The Morgan fingerprint density at radius 1 is 1.00 bits per heavy atom. The molecule has 0 amide bonds. The van der Waals surface area contributed by atoms with Crippen LogP contribution in [-0.4, -0.2) is 18.2 Å². The molecule has 2 N–H and O–H groups in total. The highest BCUT2D eigenvalue weighted by Gasteiger charge is 2.13. The van der Waals surface area contributed by atoms with Crippen LogP contribution in [0.3, 0.4) is 0 Å². The Kier molecular flexibility index (Phi) is 7.08. The highest BCUT2D eigenvalue weighted by Crippen LogP contribution is 2.37. The monoisotopic (exact) mass is 445 g/mol. The smallest absolute Gasteiger partial charge is 0.335 e. The molecule has 5 nitrogen and oxygen atoms in total. The minimum absolute atomic E-state index is 0.150. The first-order valence-electron chi connectivity index (χ1n) is 9.19. The highest BCUT2D eigenvalue weighted by atomic mass is 35.5. The van der Waals surface area contributed by atoms with E-state index in [2.05, 4.69) is 5.32 Å². The van der Waals surface area contributed by atoms with Crippen LogP contribution in [0.4, 0.5) is 5.69 Å². The number of anilines is 1. The van der Waals surface area contributed by atoms with Crippen molar-refractivity contribution in [3.05, 3.63) is 86.9 Å². The summed E-state index contributed by atoms with van der Waals surface area (Å²) in [4.78, 5) is 11.2. The van der Waals surface area contributed by atoms with E-state index in [1.807, 2.05) is 37.3 Å². The summed E-state index contributed by atoms with van der Waals surface area (Å²) in [7, 11) is 1.55. The summed E-state index contributed by atoms with van der Waals surface area (Å²) >= 11 is 12.6. The average molecular weight is 446 g/mol. The fourth-order valence-electron chi connectivity index (χ4n) is 2.85. The number of aromatic carboxylic acids is 1. The lowest BCUT2D eigenvalue weighted by Crippen LogP contribution is -2.04. The first-order valence-corrected chi connectivity index (χ1v) is 9.94. The summed E-state index contributed by atoms with van der Waals surface area (Å²) < 4.78 is 11.4. The molecule has 156 valence electrons. The van der Waals surface area contributed by atoms with Gasteiger partial charge in [-0.1, -0.05) is 53.0 Å². The Bertz CT molecular complexity index is 1050. The third-order valence-corrected chi connectivity index (χ3v) is 5.10. The van der Waals surface area contributed by atoms with E-state index in [4.69, 9.17) is 37.8 Å². The molecule has 0 unspecified atom stereocenters. The van der Waals surface area contributed by atoms with Gasteiger partial charge in [0.2, 0.25) is 0 Å². The minimum Gasteiger partial charge on any atom is -0.493 e. The van der Waals surface area contributed by atoms with Gasteiger partial charge in [0.15, 0.2) is 11.5 Å². The molecule has 0 spiro atoms. The standard InChI is InChI=1S/C23H21Cl2NO4/c1-14-3-5-15(6-4-14)13-30-22-19(25)9-16(10-21(22)29-2)12-26-20-11-17(23(27)28)7-8-18(20)24/h3-11,26H,12-13H2,1-2H3,(H,27,28). The fraction of sp³-hybridized carbons (Fsp3) is 0.174. The maximum absolute atomic E-state index is 11.2. The maximum atomic E-state index is 11.2. The van der Waals surface area contributed by atoms with Gasteiger partial charge >= 0.3 is 5.97 Å². The lowest BCUT2D eigenvalue weighted by Gasteiger charge is -2.15. The predicted molar refractivity (Wildman–Crippen MR) is 119 cm³/mol. The van der Waals surface area contributed by atoms with Crippen LogP contribution in [0.15, 0.2) is 54.6 Å². The van der Waals surface area contributed by atoms with Crippen molar-refractivity contribution in [1.29, 1.82) is 0 Å². The number of nitrogens with one attached hydrogen (secondary N) is 1. The molecule has 0 atom stereocenters. The zero-order valence-electron chi connectivity index (χ0n) is 16.5. The number of methoxy groups -OCH3 is 1. The molecule has 7 heteroatoms. The third kappa shape index (κ3) is 5.38. The van der Waals surface area contributed by atoms with Crippen molar-refractivity contribution in [2.24, 2.45) is 0 Å². The number of aryl methyl sites for hydroxylation is 1. The van der Waals surface area contributed by atoms with E-state index >= 15 is 0 Å². The van der Waals surface area contributed by atoms with Gasteiger partial charge in [0.05, 0.1) is 28.4 Å². The van der Waals surface area contributed by atoms with Crippen LogP contribution < -0.4 is 14.8 Å². The Labute approximate surface area is 185 Å². The largest absolute Gasteiger partial charge is 0.493 e. The number of carbonyl (C=O) groups is 1. The maximum Gasteiger partial charge on any atom is 0.335 e. The van der Waals surface area contributed by atoms with E-state index in [1.165, 1.54) is 17.7 Å². The van der Waals surface area contributed by atoms with Crippen molar-refractivity contribution in [1.82, 2.24) is 0 Å². The van der Waals surface area contributed by atoms with Crippen LogP contribution >= 0.6 is 23.2 Å². The first kappa shape index (κ1) is 21.8. The molecule has 0 aromatic heterocycles. The van der Waals surface area contributed by atoms with E-state index < -0.39 is 5.97 Å². The molecule has 3 aromatic carbocycles. The van der Waals surface area contributed by atoms with E-state index in [9.17, 15) is 4.79 Å². The molecule has 3 aromatic rings. The topological polar surface area (TPSA) is 67.8 Å². The molecule has 0 radical (unpaired) electrons. The van der Waals surface area contributed by atoms with Crippen molar-refractivity contribution in [2.45, 2.75) is 20.1 Å². The Hall–Kier alpha value is -2.89. The zero-order valence-corrected chi connectivity index (χ0v) is 18.1. The van der Waals surface area contributed by atoms with Crippen LogP contribution in [0.25, 0.3) is 0 Å². The van der Waals surface area contributed by atoms with Crippen molar-refractivity contribution in [2.75, 3.05) is 12.4 Å². The minimum atomic E-state index is -1.02. The van der Waals surface area contributed by atoms with Crippen molar-refractivity contribution in [3.8, 4) is 11.5 Å². The quantitative estimate of drug-likeness (QED) is 0.431. The Morgan fingerprint density at radius 2 is 1.73 bits per heavy atom. The number of carboxylic acids is 1. The SMILES string of the molecule is COc1cc(CNc2cc(C(=O)O)ccc2Cl)cc(Cl)c1OCc1ccc(C)cc1. The fourth-order valence-corrected chi connectivity index (χ4v) is 3.32. The van der Waals surface area contributed by atoms with Gasteiger partial charge in [-0.2, -0.15) is 0 Å². The molecule has 3 rings (SSSR count). The highest BCUT2D eigenvalue weighted by molar-refractivity contribution is 6.33. The number of halogens is 2. The molecule has 0 saturated heterocycles. The molecule has 0 saturated carbocycles. The van der Waals surface area contributed by atoms with Gasteiger partial charge in [-0.05, 0) is 48.4 Å². The number of ether oxygens (including phenoxy) is 2. The van der Waals surface area contributed by atoms with Gasteiger partial charge in [0, 0.05) is 6.54 Å². The molecular weight excluding hydrogens is 425 g/mol. The van der Waals surface area contributed by atoms with Gasteiger partial charge in [0.25, 0.3) is 0 Å². The van der Waals surface area contributed by atoms with Gasteiger partial charge in [-0.3, -0.25) is 0 Å². The zero-order chi connectivity index (χ0) is 21.7. The summed E-state index contributed by atoms with van der Waals surface area (Å²) in [6, 6.07) is 16.1. The summed E-state index contributed by atoms with van der Waals surface area (Å²) in [6.45, 7) is 2.77. The van der Waals surface area contributed by atoms with E-state index in [1.54, 1.807) is 19.2 Å². The van der Waals surface area contributed by atoms with Crippen LogP contribution in [0.5, 0.6) is 11.5 Å². The summed E-state index contributed by atoms with van der Waals surface area (Å²) in [5, 5.41) is 13.1. The second-order valence-electron chi connectivity index (χ2n) is 6.74. The number of benzene rings is 3. The number of hydrogen-bond donors (Lipinski definition) is 2. The molecular formula is C23H21Cl2NO4. The van der Waals surface area contributed by atoms with Gasteiger partial charge in [-0.25, -0.2) is 4.79 Å². The summed E-state index contributed by atoms with van der Waals surface area (Å²) in [6.07, 6.45) is 0. The lowest BCUT2D eigenvalue weighted by molar-refractivity contribution is 0.0697. The van der Waals surface area contributed by atoms with Crippen molar-refractivity contribution >= 4 is 34.9 Å². The summed E-state index contributed by atoms with van der Waals surface area (Å²) in [5.41, 5.74) is 3.71. The summed E-state index contributed by atoms with van der Waals surface area (Å²) in [5.74, 6) is -0.0410. The van der Waals surface area contributed by atoms with Gasteiger partial charge in [-0.15, -0.1) is 0 Å². The molecule has 0 bridgehead atoms. The number of rotatable bonds is 8. The van der Waals surface area contributed by atoms with Gasteiger partial charge in [0.1, 0.15) is 6.61 Å². The Balaban J connectivity index is 1.74. The lowest BCUT2D eigenvalue weighted by atomic mass is 10.1. The Morgan fingerprint density at radius 3 is 2.40 bits per heavy atom. The van der Waals surface area contributed by atoms with Crippen molar-refractivity contribution in [3.63, 3.8) is 0 Å². The molecule has 0 aliphatic heterocycles. The first-order chi connectivity index (χ1) is 14.4.